The molecule has 2 aliphatic rings. The van der Waals surface area contributed by atoms with Crippen LogP contribution in [0.15, 0.2) is 45.3 Å². The van der Waals surface area contributed by atoms with Gasteiger partial charge in [-0.15, -0.1) is 0 Å². The molecule has 4 amide bonds. The fraction of sp³-hybridized carbons (Fsp3) is 0.250. The highest BCUT2D eigenvalue weighted by Crippen LogP contribution is 2.50. The third kappa shape index (κ3) is 3.65. The molecule has 0 aromatic heterocycles. The average molecular weight is 690 g/mol. The summed E-state index contributed by atoms with van der Waals surface area (Å²) in [5, 5.41) is 6.24. The Morgan fingerprint density at radius 1 is 0.524 bits per heavy atom. The number of imide groups is 2. The topological polar surface area (TPSA) is 81.2 Å². The van der Waals surface area contributed by atoms with Crippen molar-refractivity contribution in [1.29, 1.82) is 0 Å². The van der Waals surface area contributed by atoms with Crippen LogP contribution in [0, 0.1) is 0 Å². The number of rotatable bonds is 6. The second-order valence-corrected chi connectivity index (χ2v) is 13.2. The number of hydrogen-bond acceptors (Lipinski definition) is 6. The van der Waals surface area contributed by atoms with Gasteiger partial charge in [-0.05, 0) is 63.2 Å². The smallest absolute Gasteiger partial charge is 0.261 e. The van der Waals surface area contributed by atoms with Crippen LogP contribution in [0.3, 0.4) is 0 Å². The Balaban J connectivity index is 1.56. The van der Waals surface area contributed by atoms with Gasteiger partial charge in [-0.25, -0.2) is 0 Å². The number of benzene rings is 5. The number of likely N-dealkylation sites (N-methyl/N-ethyl adjacent to an activating group) is 2. The van der Waals surface area contributed by atoms with E-state index in [1.165, 1.54) is 9.80 Å². The van der Waals surface area contributed by atoms with Crippen molar-refractivity contribution in [2.24, 2.45) is 0 Å². The predicted molar refractivity (Wildman–Crippen MR) is 171 cm³/mol. The Bertz CT molecular complexity index is 1920. The molecular weight excluding hydrogens is 664 g/mol. The van der Waals surface area contributed by atoms with Gasteiger partial charge in [0.15, 0.2) is 0 Å². The minimum Gasteiger partial charge on any atom is -0.308 e. The lowest BCUT2D eigenvalue weighted by atomic mass is 9.82. The van der Waals surface area contributed by atoms with Gasteiger partial charge in [0.1, 0.15) is 0 Å². The van der Waals surface area contributed by atoms with Crippen LogP contribution in [0.1, 0.15) is 41.4 Å². The van der Waals surface area contributed by atoms with Gasteiger partial charge in [0.05, 0.1) is 0 Å². The first kappa shape index (κ1) is 27.4. The number of amides is 4. The normalized spacial score (nSPS) is 15.3. The van der Waals surface area contributed by atoms with Crippen molar-refractivity contribution in [2.45, 2.75) is 0 Å². The van der Waals surface area contributed by atoms with Gasteiger partial charge in [-0.1, -0.05) is 44.0 Å². The summed E-state index contributed by atoms with van der Waals surface area (Å²) in [5.41, 5.74) is 1.93. The van der Waals surface area contributed by atoms with Crippen LogP contribution in [-0.4, -0.2) is 97.6 Å². The fourth-order valence-electron chi connectivity index (χ4n) is 6.47. The second kappa shape index (κ2) is 9.54. The fourth-order valence-corrected chi connectivity index (χ4v) is 7.76. The molecule has 0 atom stereocenters. The summed E-state index contributed by atoms with van der Waals surface area (Å²) in [6.45, 7) is 1.70. The summed E-state index contributed by atoms with van der Waals surface area (Å²) < 4.78 is 1.42. The Hall–Kier alpha value is -3.44. The monoisotopic (exact) mass is 688 g/mol. The van der Waals surface area contributed by atoms with E-state index in [9.17, 15) is 19.2 Å². The molecule has 0 bridgehead atoms. The number of fused-ring (bicyclic) bond motifs is 2. The van der Waals surface area contributed by atoms with Crippen LogP contribution < -0.4 is 0 Å². The van der Waals surface area contributed by atoms with E-state index in [0.717, 1.165) is 32.3 Å². The minimum absolute atomic E-state index is 0.291. The third-order valence-electron chi connectivity index (χ3n) is 8.45. The number of carbonyl (C=O) groups excluding carboxylic acids is 4. The van der Waals surface area contributed by atoms with Crippen molar-refractivity contribution in [3.8, 4) is 0 Å². The molecule has 0 unspecified atom stereocenters. The maximum atomic E-state index is 13.7. The first-order chi connectivity index (χ1) is 20.0. The zero-order chi connectivity index (χ0) is 29.8. The number of nitrogens with zero attached hydrogens (tertiary/aromatic N) is 4. The Labute approximate surface area is 258 Å². The number of carbonyl (C=O) groups is 4. The second-order valence-electron chi connectivity index (χ2n) is 11.5. The Morgan fingerprint density at radius 3 is 1.24 bits per heavy atom. The maximum Gasteiger partial charge on any atom is 0.261 e. The molecule has 2 aliphatic heterocycles. The zero-order valence-electron chi connectivity index (χ0n) is 23.5. The van der Waals surface area contributed by atoms with Crippen molar-refractivity contribution in [3.63, 3.8) is 0 Å². The van der Waals surface area contributed by atoms with Gasteiger partial charge in [0, 0.05) is 89.7 Å². The minimum atomic E-state index is -0.317. The first-order valence-corrected chi connectivity index (χ1v) is 15.2. The SMILES string of the molecule is CN(C)CCN1C(=O)c2ccc3c4c(Br)cc5c6c(ccc(c7c(Br)cc(c2c37)C1=O)c64)C(=O)N(CCN(C)C)C5=O. The molecule has 212 valence electrons. The average Bonchev–Trinajstić information content (AvgIpc) is 2.94. The Morgan fingerprint density at radius 2 is 0.881 bits per heavy atom. The van der Waals surface area contributed by atoms with Crippen molar-refractivity contribution < 1.29 is 19.2 Å². The lowest BCUT2D eigenvalue weighted by Crippen LogP contribution is -2.43. The predicted octanol–water partition coefficient (Wildman–Crippen LogP) is 5.58. The molecule has 2 heterocycles. The van der Waals surface area contributed by atoms with Crippen LogP contribution in [0.5, 0.6) is 0 Å². The van der Waals surface area contributed by atoms with E-state index in [1.807, 2.05) is 50.1 Å². The van der Waals surface area contributed by atoms with Gasteiger partial charge in [0.25, 0.3) is 23.6 Å². The van der Waals surface area contributed by atoms with Gasteiger partial charge in [0.2, 0.25) is 0 Å². The highest BCUT2D eigenvalue weighted by Gasteiger charge is 2.38. The molecule has 0 radical (unpaired) electrons. The molecule has 0 spiro atoms. The lowest BCUT2D eigenvalue weighted by molar-refractivity contribution is 0.0585. The first-order valence-electron chi connectivity index (χ1n) is 13.6. The molecule has 5 aromatic rings. The molecule has 7 rings (SSSR count). The van der Waals surface area contributed by atoms with Crippen molar-refractivity contribution in [3.05, 3.63) is 67.6 Å². The zero-order valence-corrected chi connectivity index (χ0v) is 26.6. The van der Waals surface area contributed by atoms with Crippen molar-refractivity contribution in [1.82, 2.24) is 19.6 Å². The quantitative estimate of drug-likeness (QED) is 0.132. The molecule has 0 aliphatic carbocycles. The van der Waals surface area contributed by atoms with Gasteiger partial charge in [-0.2, -0.15) is 0 Å². The summed E-state index contributed by atoms with van der Waals surface area (Å²) in [7, 11) is 7.62. The summed E-state index contributed by atoms with van der Waals surface area (Å²) in [5.74, 6) is -1.25. The van der Waals surface area contributed by atoms with E-state index >= 15 is 0 Å². The van der Waals surface area contributed by atoms with Crippen LogP contribution in [0.25, 0.3) is 43.1 Å². The van der Waals surface area contributed by atoms with Crippen molar-refractivity contribution >= 4 is 98.6 Å². The largest absolute Gasteiger partial charge is 0.308 e. The van der Waals surface area contributed by atoms with E-state index < -0.39 is 0 Å². The lowest BCUT2D eigenvalue weighted by Gasteiger charge is -2.31. The highest BCUT2D eigenvalue weighted by molar-refractivity contribution is 9.11. The third-order valence-corrected chi connectivity index (χ3v) is 9.70. The van der Waals surface area contributed by atoms with Crippen LogP contribution in [0.4, 0.5) is 0 Å². The standard InChI is InChI=1S/C32H26Br2N4O4/c1-35(2)9-11-37-29(39)17-7-5-15-26-22(34)14-20-24-18(30(40)38(32(20)42)12-10-36(3)4)8-6-16(28(24)26)25-21(33)13-19(31(37)41)23(17)27(15)25/h5-8,13-14H,9-12H2,1-4H3. The van der Waals surface area contributed by atoms with Crippen LogP contribution in [-0.2, 0) is 0 Å². The van der Waals surface area contributed by atoms with E-state index in [2.05, 4.69) is 31.9 Å². The molecule has 10 heteroatoms. The van der Waals surface area contributed by atoms with E-state index in [-0.39, 0.29) is 23.6 Å². The summed E-state index contributed by atoms with van der Waals surface area (Å²) >= 11 is 7.52. The van der Waals surface area contributed by atoms with Gasteiger partial charge >= 0.3 is 0 Å². The molecule has 42 heavy (non-hydrogen) atoms. The maximum absolute atomic E-state index is 13.7. The van der Waals surface area contributed by atoms with E-state index in [1.54, 1.807) is 24.3 Å². The summed E-state index contributed by atoms with van der Waals surface area (Å²) in [6, 6.07) is 11.0. The van der Waals surface area contributed by atoms with Crippen molar-refractivity contribution in [2.75, 3.05) is 54.4 Å². The molecule has 0 saturated carbocycles. The summed E-state index contributed by atoms with van der Waals surface area (Å²) in [4.78, 5) is 61.3. The van der Waals surface area contributed by atoms with Gasteiger partial charge < -0.3 is 9.80 Å². The van der Waals surface area contributed by atoms with Gasteiger partial charge in [-0.3, -0.25) is 29.0 Å². The van der Waals surface area contributed by atoms with Crippen LogP contribution in [0.2, 0.25) is 0 Å². The number of halogens is 2. The van der Waals surface area contributed by atoms with E-state index in [4.69, 9.17) is 0 Å². The number of hydrogen-bond donors (Lipinski definition) is 0. The summed E-state index contributed by atoms with van der Waals surface area (Å²) in [6.07, 6.45) is 0. The molecule has 0 N–H and O–H groups in total. The molecule has 8 nitrogen and oxygen atoms in total. The molecule has 0 saturated heterocycles. The highest BCUT2D eigenvalue weighted by atomic mass is 79.9. The van der Waals surface area contributed by atoms with E-state index in [0.29, 0.717) is 68.2 Å². The van der Waals surface area contributed by atoms with Crippen LogP contribution >= 0.6 is 31.9 Å². The molecular formula is C32H26Br2N4O4. The molecule has 0 fully saturated rings. The Kier molecular flexibility index (Phi) is 6.22. The molecule has 5 aromatic carbocycles.